The molecule has 0 spiro atoms. The van der Waals surface area contributed by atoms with Crippen LogP contribution >= 0.6 is 0 Å². The topological polar surface area (TPSA) is 12.4 Å². The molecule has 0 aliphatic rings. The van der Waals surface area contributed by atoms with Crippen LogP contribution < -0.4 is 0 Å². The molecule has 1 heteroatoms. The summed E-state index contributed by atoms with van der Waals surface area (Å²) in [5, 5.41) is 0. The Hall–Kier alpha value is -0.810. The van der Waals surface area contributed by atoms with E-state index >= 15 is 0 Å². The molecule has 0 fully saturated rings. The molecule has 0 aliphatic heterocycles. The predicted molar refractivity (Wildman–Crippen MR) is 130 cm³/mol. The Morgan fingerprint density at radius 3 is 1.64 bits per heavy atom. The van der Waals surface area contributed by atoms with Gasteiger partial charge in [-0.3, -0.25) is 0 Å². The standard InChI is InChI=1S/C27H51N/c1-4-6-8-10-12-14-16-18-20-23-27(3)24-22-26-28-25-21-19-17-15-13-11-9-7-5-2/h22-23H,4-21,24-25H2,1-3H3/b27-23+. The Balaban J connectivity index is 3.43. The highest BCUT2D eigenvalue weighted by Crippen LogP contribution is 2.11. The van der Waals surface area contributed by atoms with Crippen molar-refractivity contribution in [1.82, 2.24) is 0 Å². The van der Waals surface area contributed by atoms with Crippen molar-refractivity contribution < 1.29 is 0 Å². The Labute approximate surface area is 178 Å². The first kappa shape index (κ1) is 27.2. The average molecular weight is 390 g/mol. The van der Waals surface area contributed by atoms with Gasteiger partial charge >= 0.3 is 0 Å². The van der Waals surface area contributed by atoms with Crippen LogP contribution in [0.5, 0.6) is 0 Å². The van der Waals surface area contributed by atoms with Crippen LogP contribution in [0.3, 0.4) is 0 Å². The largest absolute Gasteiger partial charge is 0.243 e. The molecular weight excluding hydrogens is 338 g/mol. The molecule has 164 valence electrons. The summed E-state index contributed by atoms with van der Waals surface area (Å²) in [5.74, 6) is 3.14. The normalized spacial score (nSPS) is 11.5. The maximum absolute atomic E-state index is 4.42. The first-order chi connectivity index (χ1) is 13.8. The summed E-state index contributed by atoms with van der Waals surface area (Å²) in [6.45, 7) is 7.76. The van der Waals surface area contributed by atoms with Crippen LogP contribution in [0.2, 0.25) is 0 Å². The second-order valence-electron chi connectivity index (χ2n) is 8.56. The van der Waals surface area contributed by atoms with Gasteiger partial charge in [0.15, 0.2) is 0 Å². The molecule has 0 amide bonds. The van der Waals surface area contributed by atoms with E-state index in [0.29, 0.717) is 0 Å². The van der Waals surface area contributed by atoms with E-state index < -0.39 is 0 Å². The number of unbranched alkanes of at least 4 members (excludes halogenated alkanes) is 16. The molecule has 0 heterocycles. The van der Waals surface area contributed by atoms with Gasteiger partial charge in [-0.1, -0.05) is 122 Å². The second kappa shape index (κ2) is 24.2. The molecular formula is C27H51N. The fraction of sp³-hybridized carbons (Fsp3) is 0.852. The first-order valence-electron chi connectivity index (χ1n) is 12.7. The monoisotopic (exact) mass is 389 g/mol. The van der Waals surface area contributed by atoms with Gasteiger partial charge in [-0.25, -0.2) is 4.99 Å². The molecule has 0 saturated heterocycles. The highest BCUT2D eigenvalue weighted by molar-refractivity contribution is 5.52. The fourth-order valence-electron chi connectivity index (χ4n) is 3.55. The van der Waals surface area contributed by atoms with Crippen molar-refractivity contribution in [2.45, 2.75) is 143 Å². The smallest absolute Gasteiger partial charge is 0.0483 e. The van der Waals surface area contributed by atoms with Crippen molar-refractivity contribution in [3.05, 3.63) is 17.7 Å². The molecule has 0 aromatic carbocycles. The molecule has 0 aliphatic carbocycles. The van der Waals surface area contributed by atoms with Crippen molar-refractivity contribution in [3.8, 4) is 0 Å². The minimum atomic E-state index is 0.952. The zero-order valence-electron chi connectivity index (χ0n) is 19.7. The van der Waals surface area contributed by atoms with Crippen molar-refractivity contribution in [2.24, 2.45) is 4.99 Å². The van der Waals surface area contributed by atoms with Gasteiger partial charge < -0.3 is 0 Å². The van der Waals surface area contributed by atoms with Crippen LogP contribution in [0.1, 0.15) is 143 Å². The molecule has 0 atom stereocenters. The summed E-state index contributed by atoms with van der Waals surface area (Å²) in [6.07, 6.45) is 30.4. The van der Waals surface area contributed by atoms with Crippen LogP contribution in [0.4, 0.5) is 0 Å². The van der Waals surface area contributed by atoms with E-state index in [9.17, 15) is 0 Å². The zero-order valence-corrected chi connectivity index (χ0v) is 19.7. The van der Waals surface area contributed by atoms with E-state index in [0.717, 1.165) is 13.0 Å². The van der Waals surface area contributed by atoms with Gasteiger partial charge in [0.2, 0.25) is 0 Å². The molecule has 0 rings (SSSR count). The van der Waals surface area contributed by atoms with Crippen molar-refractivity contribution in [3.63, 3.8) is 0 Å². The Kier molecular flexibility index (Phi) is 23.5. The van der Waals surface area contributed by atoms with Gasteiger partial charge in [0, 0.05) is 6.54 Å². The van der Waals surface area contributed by atoms with Crippen molar-refractivity contribution >= 4 is 5.87 Å². The minimum Gasteiger partial charge on any atom is -0.243 e. The Bertz CT molecular complexity index is 387. The maximum Gasteiger partial charge on any atom is 0.0483 e. The number of allylic oxidation sites excluding steroid dienone is 3. The van der Waals surface area contributed by atoms with Gasteiger partial charge in [0.1, 0.15) is 0 Å². The highest BCUT2D eigenvalue weighted by Gasteiger charge is 1.92. The van der Waals surface area contributed by atoms with E-state index in [4.69, 9.17) is 0 Å². The number of nitrogens with zero attached hydrogens (tertiary/aromatic N) is 1. The Morgan fingerprint density at radius 1 is 0.643 bits per heavy atom. The summed E-state index contributed by atoms with van der Waals surface area (Å²) in [7, 11) is 0. The van der Waals surface area contributed by atoms with E-state index in [1.54, 1.807) is 0 Å². The molecule has 0 bridgehead atoms. The average Bonchev–Trinajstić information content (AvgIpc) is 2.70. The Morgan fingerprint density at radius 2 is 1.11 bits per heavy atom. The molecule has 0 N–H and O–H groups in total. The molecule has 28 heavy (non-hydrogen) atoms. The molecule has 0 aromatic heterocycles. The fourth-order valence-corrected chi connectivity index (χ4v) is 3.55. The number of hydrogen-bond donors (Lipinski definition) is 0. The quantitative estimate of drug-likeness (QED) is 0.105. The number of hydrogen-bond acceptors (Lipinski definition) is 1. The first-order valence-corrected chi connectivity index (χ1v) is 12.7. The van der Waals surface area contributed by atoms with Crippen molar-refractivity contribution in [2.75, 3.05) is 6.54 Å². The molecule has 0 aromatic rings. The van der Waals surface area contributed by atoms with Crippen LogP contribution in [0, 0.1) is 0 Å². The van der Waals surface area contributed by atoms with Crippen LogP contribution in [-0.4, -0.2) is 12.4 Å². The van der Waals surface area contributed by atoms with E-state index in [1.165, 1.54) is 121 Å². The molecule has 0 radical (unpaired) electrons. The SMILES string of the molecule is CCCCCCCCCC/C=C(\C)CC=C=NCCCCCCCCCCC. The summed E-state index contributed by atoms with van der Waals surface area (Å²) < 4.78 is 0. The van der Waals surface area contributed by atoms with Gasteiger partial charge in [-0.2, -0.15) is 0 Å². The third-order valence-corrected chi connectivity index (χ3v) is 5.53. The second-order valence-corrected chi connectivity index (χ2v) is 8.56. The summed E-state index contributed by atoms with van der Waals surface area (Å²) in [5.41, 5.74) is 1.47. The number of aliphatic imine (C=N–C) groups is 1. The lowest BCUT2D eigenvalue weighted by Crippen LogP contribution is -1.84. The van der Waals surface area contributed by atoms with E-state index in [-0.39, 0.29) is 0 Å². The summed E-state index contributed by atoms with van der Waals surface area (Å²) in [4.78, 5) is 4.42. The third-order valence-electron chi connectivity index (χ3n) is 5.53. The van der Waals surface area contributed by atoms with Crippen molar-refractivity contribution in [1.29, 1.82) is 0 Å². The lowest BCUT2D eigenvalue weighted by atomic mass is 10.1. The summed E-state index contributed by atoms with van der Waals surface area (Å²) >= 11 is 0. The van der Waals surface area contributed by atoms with Gasteiger partial charge in [0.25, 0.3) is 0 Å². The molecule has 0 saturated carbocycles. The van der Waals surface area contributed by atoms with Gasteiger partial charge in [-0.15, -0.1) is 0 Å². The lowest BCUT2D eigenvalue weighted by Gasteiger charge is -2.00. The van der Waals surface area contributed by atoms with E-state index in [2.05, 4.69) is 43.8 Å². The zero-order chi connectivity index (χ0) is 20.5. The molecule has 0 unspecified atom stereocenters. The van der Waals surface area contributed by atoms with Gasteiger partial charge in [0.05, 0.1) is 0 Å². The van der Waals surface area contributed by atoms with Crippen LogP contribution in [0.25, 0.3) is 0 Å². The van der Waals surface area contributed by atoms with Crippen LogP contribution in [-0.2, 0) is 0 Å². The molecule has 1 nitrogen and oxygen atoms in total. The van der Waals surface area contributed by atoms with E-state index in [1.807, 2.05) is 0 Å². The summed E-state index contributed by atoms with van der Waals surface area (Å²) in [6, 6.07) is 0. The maximum atomic E-state index is 4.42. The third kappa shape index (κ3) is 23.2. The predicted octanol–water partition coefficient (Wildman–Crippen LogP) is 9.61. The lowest BCUT2D eigenvalue weighted by molar-refractivity contribution is 0.567. The van der Waals surface area contributed by atoms with Gasteiger partial charge in [-0.05, 0) is 44.6 Å². The minimum absolute atomic E-state index is 0.952. The highest BCUT2D eigenvalue weighted by atomic mass is 14.7. The van der Waals surface area contributed by atoms with Crippen LogP contribution in [0.15, 0.2) is 22.7 Å². The number of rotatable bonds is 21.